The molecule has 7 nitrogen and oxygen atoms in total. The van der Waals surface area contributed by atoms with Crippen LogP contribution in [0.3, 0.4) is 0 Å². The molecule has 0 bridgehead atoms. The van der Waals surface area contributed by atoms with E-state index in [1.165, 1.54) is 22.0 Å². The number of carbonyl (C=O) groups is 2. The second-order valence-corrected chi connectivity index (χ2v) is 6.30. The summed E-state index contributed by atoms with van der Waals surface area (Å²) in [4.78, 5) is 31.0. The first-order valence-corrected chi connectivity index (χ1v) is 8.15. The van der Waals surface area contributed by atoms with Crippen molar-refractivity contribution in [3.8, 4) is 0 Å². The van der Waals surface area contributed by atoms with Gasteiger partial charge in [0.15, 0.2) is 0 Å². The summed E-state index contributed by atoms with van der Waals surface area (Å²) in [5.41, 5.74) is 0.924. The minimum absolute atomic E-state index is 0.00877. The predicted molar refractivity (Wildman–Crippen MR) is 89.1 cm³/mol. The highest BCUT2D eigenvalue weighted by Crippen LogP contribution is 2.29. The normalized spacial score (nSPS) is 18.3. The van der Waals surface area contributed by atoms with E-state index in [1.807, 2.05) is 13.8 Å². The first-order chi connectivity index (χ1) is 11.9. The molecule has 2 atom stereocenters. The number of halogens is 1. The van der Waals surface area contributed by atoms with E-state index in [1.54, 1.807) is 13.2 Å². The Morgan fingerprint density at radius 1 is 1.44 bits per heavy atom. The summed E-state index contributed by atoms with van der Waals surface area (Å²) in [5.74, 6) is -1.33. The number of nitrogens with zero attached hydrogens (tertiary/aromatic N) is 4. The Morgan fingerprint density at radius 2 is 2.20 bits per heavy atom. The molecule has 0 saturated carbocycles. The summed E-state index contributed by atoms with van der Waals surface area (Å²) < 4.78 is 15.8. The number of amides is 2. The van der Waals surface area contributed by atoms with Crippen LogP contribution in [0.15, 0.2) is 24.8 Å². The first-order valence-electron chi connectivity index (χ1n) is 8.15. The number of fused-ring (bicyclic) bond motifs is 1. The van der Waals surface area contributed by atoms with Crippen LogP contribution < -0.4 is 5.32 Å². The largest absolute Gasteiger partial charge is 0.323 e. The summed E-state index contributed by atoms with van der Waals surface area (Å²) >= 11 is 0. The maximum atomic E-state index is 14.3. The molecule has 1 aliphatic rings. The monoisotopic (exact) mass is 345 g/mol. The molecule has 0 spiro atoms. The molecule has 0 radical (unpaired) electrons. The Bertz CT molecular complexity index is 819. The first kappa shape index (κ1) is 17.1. The second kappa shape index (κ2) is 6.62. The van der Waals surface area contributed by atoms with Crippen LogP contribution in [0, 0.1) is 11.7 Å². The Kier molecular flexibility index (Phi) is 4.52. The molecule has 2 aromatic rings. The van der Waals surface area contributed by atoms with Gasteiger partial charge in [0.1, 0.15) is 11.9 Å². The molecular formula is C17H20FN5O2. The van der Waals surface area contributed by atoms with Crippen LogP contribution in [0.1, 0.15) is 36.2 Å². The third-order valence-corrected chi connectivity index (χ3v) is 4.59. The zero-order chi connectivity index (χ0) is 18.1. The summed E-state index contributed by atoms with van der Waals surface area (Å²) in [6, 6.07) is -0.704. The topological polar surface area (TPSA) is 80.1 Å². The molecule has 0 saturated heterocycles. The lowest BCUT2D eigenvalue weighted by atomic mass is 9.96. The van der Waals surface area contributed by atoms with Gasteiger partial charge in [-0.15, -0.1) is 0 Å². The number of hydrogen-bond donors (Lipinski definition) is 1. The van der Waals surface area contributed by atoms with Crippen LogP contribution >= 0.6 is 0 Å². The number of nitrogens with one attached hydrogen (secondary N) is 1. The Hall–Kier alpha value is -2.77. The van der Waals surface area contributed by atoms with Crippen LogP contribution in [0.25, 0.3) is 0 Å². The lowest BCUT2D eigenvalue weighted by Crippen LogP contribution is -2.48. The summed E-state index contributed by atoms with van der Waals surface area (Å²) in [6.45, 7) is 3.84. The van der Waals surface area contributed by atoms with E-state index >= 15 is 0 Å². The lowest BCUT2D eigenvalue weighted by molar-refractivity contribution is -0.122. The fourth-order valence-electron chi connectivity index (χ4n) is 3.03. The molecule has 0 unspecified atom stereocenters. The molecule has 3 heterocycles. The molecule has 25 heavy (non-hydrogen) atoms. The van der Waals surface area contributed by atoms with Crippen LogP contribution in [0.2, 0.25) is 0 Å². The number of aryl methyl sites for hydroxylation is 1. The highest BCUT2D eigenvalue weighted by Gasteiger charge is 2.38. The average Bonchev–Trinajstić information content (AvgIpc) is 2.95. The van der Waals surface area contributed by atoms with Gasteiger partial charge in [0.05, 0.1) is 36.4 Å². The molecule has 2 amide bonds. The number of anilines is 1. The molecule has 0 aliphatic carbocycles. The highest BCUT2D eigenvalue weighted by molar-refractivity contribution is 6.02. The van der Waals surface area contributed by atoms with Gasteiger partial charge in [-0.2, -0.15) is 5.10 Å². The van der Waals surface area contributed by atoms with E-state index < -0.39 is 11.9 Å². The molecular weight excluding hydrogens is 325 g/mol. The molecule has 3 rings (SSSR count). The molecule has 8 heteroatoms. The number of aromatic nitrogens is 3. The number of carbonyl (C=O) groups excluding carboxylic acids is 2. The van der Waals surface area contributed by atoms with Gasteiger partial charge >= 0.3 is 0 Å². The van der Waals surface area contributed by atoms with Gasteiger partial charge in [0.2, 0.25) is 5.91 Å². The third kappa shape index (κ3) is 3.11. The number of hydrogen-bond acceptors (Lipinski definition) is 4. The minimum Gasteiger partial charge on any atom is -0.323 e. The van der Waals surface area contributed by atoms with Crippen molar-refractivity contribution in [3.63, 3.8) is 0 Å². The molecule has 1 N–H and O–H groups in total. The van der Waals surface area contributed by atoms with Gasteiger partial charge < -0.3 is 10.2 Å². The maximum absolute atomic E-state index is 14.3. The molecule has 2 aromatic heterocycles. The molecule has 0 aromatic carbocycles. The van der Waals surface area contributed by atoms with Crippen molar-refractivity contribution in [2.45, 2.75) is 32.9 Å². The number of pyridine rings is 1. The minimum atomic E-state index is -0.704. The summed E-state index contributed by atoms with van der Waals surface area (Å²) in [5, 5.41) is 6.73. The SMILES string of the molecule is CC[C@H](C)[C@H]1C(=O)Nc2cncc(F)c2CN1C(=O)c1cnn(C)c1. The molecule has 1 aliphatic heterocycles. The Labute approximate surface area is 144 Å². The van der Waals surface area contributed by atoms with Crippen molar-refractivity contribution in [1.29, 1.82) is 0 Å². The molecule has 0 fully saturated rings. The Morgan fingerprint density at radius 3 is 2.84 bits per heavy atom. The van der Waals surface area contributed by atoms with Crippen molar-refractivity contribution in [3.05, 3.63) is 41.7 Å². The van der Waals surface area contributed by atoms with Crippen LogP contribution in [-0.4, -0.2) is 37.5 Å². The zero-order valence-electron chi connectivity index (χ0n) is 14.4. The fraction of sp³-hybridized carbons (Fsp3) is 0.412. The van der Waals surface area contributed by atoms with Crippen molar-refractivity contribution in [1.82, 2.24) is 19.7 Å². The van der Waals surface area contributed by atoms with Crippen LogP contribution in [0.5, 0.6) is 0 Å². The number of rotatable bonds is 3. The van der Waals surface area contributed by atoms with Gasteiger partial charge in [0, 0.05) is 18.8 Å². The zero-order valence-corrected chi connectivity index (χ0v) is 14.4. The maximum Gasteiger partial charge on any atom is 0.258 e. The van der Waals surface area contributed by atoms with E-state index in [2.05, 4.69) is 15.4 Å². The van der Waals surface area contributed by atoms with Crippen LogP contribution in [-0.2, 0) is 18.4 Å². The third-order valence-electron chi connectivity index (χ3n) is 4.59. The van der Waals surface area contributed by atoms with Crippen LogP contribution in [0.4, 0.5) is 10.1 Å². The van der Waals surface area contributed by atoms with E-state index in [-0.39, 0.29) is 29.8 Å². The quantitative estimate of drug-likeness (QED) is 0.922. The fourth-order valence-corrected chi connectivity index (χ4v) is 3.03. The van der Waals surface area contributed by atoms with E-state index in [0.29, 0.717) is 17.7 Å². The summed E-state index contributed by atoms with van der Waals surface area (Å²) in [6.07, 6.45) is 6.22. The standard InChI is InChI=1S/C17H20FN5O2/c1-4-10(2)15-16(24)21-14-7-19-6-13(18)12(14)9-23(15)17(25)11-5-20-22(3)8-11/h5-8,10,15H,4,9H2,1-3H3,(H,21,24)/t10-,15-/m0/s1. The van der Waals surface area contributed by atoms with E-state index in [4.69, 9.17) is 0 Å². The van der Waals surface area contributed by atoms with Crippen molar-refractivity contribution < 1.29 is 14.0 Å². The Balaban J connectivity index is 2.07. The van der Waals surface area contributed by atoms with Crippen molar-refractivity contribution in [2.75, 3.05) is 5.32 Å². The van der Waals surface area contributed by atoms with Gasteiger partial charge in [-0.3, -0.25) is 19.3 Å². The van der Waals surface area contributed by atoms with E-state index in [9.17, 15) is 14.0 Å². The van der Waals surface area contributed by atoms with Gasteiger partial charge in [-0.25, -0.2) is 4.39 Å². The smallest absolute Gasteiger partial charge is 0.258 e. The highest BCUT2D eigenvalue weighted by atomic mass is 19.1. The molecule has 132 valence electrons. The van der Waals surface area contributed by atoms with Gasteiger partial charge in [0.25, 0.3) is 5.91 Å². The van der Waals surface area contributed by atoms with Gasteiger partial charge in [-0.05, 0) is 5.92 Å². The van der Waals surface area contributed by atoms with Crippen molar-refractivity contribution >= 4 is 17.5 Å². The average molecular weight is 345 g/mol. The second-order valence-electron chi connectivity index (χ2n) is 6.30. The predicted octanol–water partition coefficient (Wildman–Crippen LogP) is 1.96. The van der Waals surface area contributed by atoms with Crippen molar-refractivity contribution in [2.24, 2.45) is 13.0 Å². The van der Waals surface area contributed by atoms with Gasteiger partial charge in [-0.1, -0.05) is 20.3 Å². The van der Waals surface area contributed by atoms with E-state index in [0.717, 1.165) is 6.20 Å². The summed E-state index contributed by atoms with van der Waals surface area (Å²) in [7, 11) is 1.71. The lowest BCUT2D eigenvalue weighted by Gasteiger charge is -2.32.